The number of benzene rings is 9. The Morgan fingerprint density at radius 1 is 0.322 bits per heavy atom. The fourth-order valence-electron chi connectivity index (χ4n) is 13.2. The number of carbonyl (C=O) groups excluding carboxylic acids is 4. The number of imide groups is 2. The maximum Gasteiger partial charge on any atom is 0.261 e. The van der Waals surface area contributed by atoms with Crippen LogP contribution in [0.25, 0.3) is 43.1 Å². The van der Waals surface area contributed by atoms with Gasteiger partial charge in [-0.25, -0.2) is 0 Å². The van der Waals surface area contributed by atoms with Crippen molar-refractivity contribution >= 4 is 66.7 Å². The predicted octanol–water partition coefficient (Wildman–Crippen LogP) is 21.7. The van der Waals surface area contributed by atoms with Crippen LogP contribution in [0.5, 0.6) is 46.0 Å². The molecule has 0 saturated heterocycles. The quantitative estimate of drug-likeness (QED) is 0.0421. The molecule has 11 rings (SSSR count). The van der Waals surface area contributed by atoms with Crippen LogP contribution in [-0.4, -0.2) is 46.5 Å². The van der Waals surface area contributed by atoms with Crippen molar-refractivity contribution in [1.29, 1.82) is 0 Å². The Labute approximate surface area is 532 Å². The smallest absolute Gasteiger partial charge is 0.261 e. The highest BCUT2D eigenvalue weighted by Gasteiger charge is 2.42. The van der Waals surface area contributed by atoms with Gasteiger partial charge in [-0.05, 0) is 141 Å². The van der Waals surface area contributed by atoms with Gasteiger partial charge in [0, 0.05) is 56.2 Å². The summed E-state index contributed by atoms with van der Waals surface area (Å²) in [5.41, 5.74) is 4.94. The van der Waals surface area contributed by atoms with Crippen molar-refractivity contribution in [2.24, 2.45) is 11.8 Å². The molecule has 9 aromatic rings. The lowest BCUT2D eigenvalue weighted by Crippen LogP contribution is -2.43. The summed E-state index contributed by atoms with van der Waals surface area (Å²) in [6, 6.07) is 39.2. The minimum Gasteiger partial charge on any atom is -0.457 e. The van der Waals surface area contributed by atoms with E-state index in [1.54, 1.807) is 24.3 Å². The highest BCUT2D eigenvalue weighted by atomic mass is 16.5. The molecule has 2 heterocycles. The molecule has 0 aromatic heterocycles. The number of hydrogen-bond acceptors (Lipinski definition) is 8. The van der Waals surface area contributed by atoms with Gasteiger partial charge < -0.3 is 18.9 Å². The van der Waals surface area contributed by atoms with Crippen LogP contribution < -0.4 is 18.9 Å². The second kappa shape index (κ2) is 24.2. The molecule has 2 aliphatic rings. The maximum atomic E-state index is 15.8. The monoisotopic (exact) mass is 1210 g/mol. The molecule has 0 saturated carbocycles. The number of nitrogens with zero attached hydrogens (tertiary/aromatic N) is 2. The van der Waals surface area contributed by atoms with Gasteiger partial charge in [0.05, 0.1) is 22.3 Å². The molecule has 0 N–H and O–H groups in total. The Morgan fingerprint density at radius 2 is 0.544 bits per heavy atom. The van der Waals surface area contributed by atoms with Crippen LogP contribution in [0.4, 0.5) is 0 Å². The van der Waals surface area contributed by atoms with Gasteiger partial charge in [-0.1, -0.05) is 198 Å². The molecule has 0 aliphatic carbocycles. The summed E-state index contributed by atoms with van der Waals surface area (Å²) in [5.74, 6) is 1.65. The summed E-state index contributed by atoms with van der Waals surface area (Å²) < 4.78 is 29.3. The Hall–Kier alpha value is -8.24. The number of hydrogen-bond donors (Lipinski definition) is 0. The zero-order chi connectivity index (χ0) is 64.5. The molecular formula is C80H90N2O8. The molecule has 468 valence electrons. The van der Waals surface area contributed by atoms with E-state index in [1.165, 1.54) is 9.80 Å². The van der Waals surface area contributed by atoms with Gasteiger partial charge in [0.15, 0.2) is 0 Å². The zero-order valence-electron chi connectivity index (χ0n) is 55.9. The number of amides is 4. The van der Waals surface area contributed by atoms with Crippen LogP contribution in [0, 0.1) is 11.8 Å². The van der Waals surface area contributed by atoms with Crippen molar-refractivity contribution < 1.29 is 38.1 Å². The van der Waals surface area contributed by atoms with E-state index in [1.807, 2.05) is 48.5 Å². The summed E-state index contributed by atoms with van der Waals surface area (Å²) in [7, 11) is 0. The zero-order valence-corrected chi connectivity index (χ0v) is 55.9. The van der Waals surface area contributed by atoms with E-state index in [0.29, 0.717) is 111 Å². The minimum atomic E-state index is -0.429. The van der Waals surface area contributed by atoms with E-state index in [0.717, 1.165) is 73.6 Å². The lowest BCUT2D eigenvalue weighted by Gasteiger charge is -2.34. The Morgan fingerprint density at radius 3 is 0.733 bits per heavy atom. The third kappa shape index (κ3) is 11.9. The second-order valence-corrected chi connectivity index (χ2v) is 29.5. The molecule has 2 unspecified atom stereocenters. The van der Waals surface area contributed by atoms with Crippen LogP contribution in [0.15, 0.2) is 121 Å². The molecule has 0 radical (unpaired) electrons. The summed E-state index contributed by atoms with van der Waals surface area (Å²) >= 11 is 0. The average Bonchev–Trinajstić information content (AvgIpc) is 0.674. The van der Waals surface area contributed by atoms with Crippen molar-refractivity contribution in [3.63, 3.8) is 0 Å². The summed E-state index contributed by atoms with van der Waals surface area (Å²) in [5, 5.41) is 3.83. The van der Waals surface area contributed by atoms with Crippen molar-refractivity contribution in [2.75, 3.05) is 13.1 Å². The standard InChI is InChI=1S/C80H90N2O8/c1-17-21-23-47(19-3)45-81-73(83)57-41-61(87-53-33-25-49(26-34-53)77(5,6)7)67-69-63(89-55-37-29-51(30-38-55)79(11,12)13)43-59-66-60(76(86)82(75(59)85)46-48(20-4)24-22-18-2)44-64(90-56-39-31-52(32-40-56)80(14,15)16)70(72(66)69)68-62(42-58(74(81)84)65(57)71(67)68)88-54-35-27-50(28-36-54)78(8,9)10/h25-44,47-48H,17-24,45-46H2,1-16H3. The van der Waals surface area contributed by atoms with Gasteiger partial charge in [0.25, 0.3) is 23.6 Å². The summed E-state index contributed by atoms with van der Waals surface area (Å²) in [6.07, 6.45) is 7.17. The third-order valence-corrected chi connectivity index (χ3v) is 18.8. The van der Waals surface area contributed by atoms with Crippen LogP contribution in [0.2, 0.25) is 0 Å². The van der Waals surface area contributed by atoms with Gasteiger partial charge >= 0.3 is 0 Å². The van der Waals surface area contributed by atoms with Gasteiger partial charge in [-0.2, -0.15) is 0 Å². The second-order valence-electron chi connectivity index (χ2n) is 29.5. The molecule has 0 fully saturated rings. The topological polar surface area (TPSA) is 112 Å². The van der Waals surface area contributed by atoms with Gasteiger partial charge in [-0.3, -0.25) is 29.0 Å². The first kappa shape index (κ1) is 63.3. The highest BCUT2D eigenvalue weighted by Crippen LogP contribution is 2.58. The highest BCUT2D eigenvalue weighted by molar-refractivity contribution is 6.44. The molecule has 4 amide bonds. The molecule has 10 heteroatoms. The number of fused-ring (bicyclic) bond motifs is 2. The van der Waals surface area contributed by atoms with Gasteiger partial charge in [0.1, 0.15) is 46.0 Å². The lowest BCUT2D eigenvalue weighted by molar-refractivity contribution is 0.0565. The third-order valence-electron chi connectivity index (χ3n) is 18.8. The van der Waals surface area contributed by atoms with Gasteiger partial charge in [-0.15, -0.1) is 0 Å². The molecule has 9 aromatic carbocycles. The first-order chi connectivity index (χ1) is 42.6. The first-order valence-electron chi connectivity index (χ1n) is 32.8. The number of unbranched alkanes of at least 4 members (excludes halogenated alkanes) is 2. The maximum absolute atomic E-state index is 15.8. The molecule has 2 atom stereocenters. The van der Waals surface area contributed by atoms with E-state index in [-0.39, 0.29) is 46.6 Å². The number of rotatable bonds is 20. The van der Waals surface area contributed by atoms with Crippen molar-refractivity contribution in [2.45, 2.75) is 184 Å². The average molecular weight is 1210 g/mol. The van der Waals surface area contributed by atoms with Gasteiger partial charge in [0.2, 0.25) is 0 Å². The fraction of sp³-hybridized carbons (Fsp3) is 0.400. The molecule has 2 aliphatic heterocycles. The van der Waals surface area contributed by atoms with E-state index in [4.69, 9.17) is 18.9 Å². The van der Waals surface area contributed by atoms with Crippen LogP contribution >= 0.6 is 0 Å². The normalized spacial score (nSPS) is 14.6. The van der Waals surface area contributed by atoms with E-state index in [9.17, 15) is 0 Å². The molecule has 10 nitrogen and oxygen atoms in total. The first-order valence-corrected chi connectivity index (χ1v) is 32.8. The van der Waals surface area contributed by atoms with E-state index >= 15 is 19.2 Å². The SMILES string of the molecule is CCCCC(CC)CN1C(=O)c2cc(Oc3ccc(C(C)(C)C)cc3)c3c4c(Oc5ccc(C(C)(C)C)cc5)cc5c6c(cc(Oc7ccc(C(C)(C)C)cc7)c(c7c(Oc8ccc(C(C)(C)C)cc8)cc(c2c37)C1=O)c64)C(=O)N(CC(CC)CCCC)C5=O. The Bertz CT molecular complexity index is 3700. The number of carbonyl (C=O) groups is 4. The minimum absolute atomic E-state index is 0.0627. The summed E-state index contributed by atoms with van der Waals surface area (Å²) in [6.45, 7) is 35.0. The van der Waals surface area contributed by atoms with Crippen LogP contribution in [0.1, 0.15) is 226 Å². The Balaban J connectivity index is 1.34. The van der Waals surface area contributed by atoms with Crippen LogP contribution in [-0.2, 0) is 21.7 Å². The van der Waals surface area contributed by atoms with Crippen LogP contribution in [0.3, 0.4) is 0 Å². The largest absolute Gasteiger partial charge is 0.457 e. The van der Waals surface area contributed by atoms with Crippen molar-refractivity contribution in [1.82, 2.24) is 9.80 Å². The number of ether oxygens (including phenoxy) is 4. The fourth-order valence-corrected chi connectivity index (χ4v) is 13.2. The molecule has 0 bridgehead atoms. The van der Waals surface area contributed by atoms with Crippen molar-refractivity contribution in [3.05, 3.63) is 166 Å². The van der Waals surface area contributed by atoms with E-state index < -0.39 is 23.6 Å². The summed E-state index contributed by atoms with van der Waals surface area (Å²) in [4.78, 5) is 66.2. The molecule has 0 spiro atoms. The predicted molar refractivity (Wildman–Crippen MR) is 366 cm³/mol. The Kier molecular flexibility index (Phi) is 17.0. The molecular weight excluding hydrogens is 1120 g/mol. The van der Waals surface area contributed by atoms with Crippen molar-refractivity contribution in [3.8, 4) is 46.0 Å². The lowest BCUT2D eigenvalue weighted by atomic mass is 9.80. The van der Waals surface area contributed by atoms with E-state index in [2.05, 4.69) is 159 Å². The molecule has 90 heavy (non-hydrogen) atoms.